The van der Waals surface area contributed by atoms with E-state index in [0.29, 0.717) is 26.8 Å². The van der Waals surface area contributed by atoms with Crippen molar-refractivity contribution in [2.45, 2.75) is 12.8 Å². The van der Waals surface area contributed by atoms with E-state index in [0.717, 1.165) is 25.9 Å². The molecule has 0 saturated heterocycles. The van der Waals surface area contributed by atoms with E-state index in [1.807, 2.05) is 6.07 Å². The molecule has 1 rings (SSSR count). The van der Waals surface area contributed by atoms with Gasteiger partial charge in [-0.05, 0) is 25.0 Å². The Labute approximate surface area is 127 Å². The Morgan fingerprint density at radius 3 is 1.81 bits per heavy atom. The van der Waals surface area contributed by atoms with Gasteiger partial charge in [-0.2, -0.15) is 0 Å². The van der Waals surface area contributed by atoms with Crippen LogP contribution in [0.1, 0.15) is 12.8 Å². The number of rotatable bonds is 13. The lowest BCUT2D eigenvalue weighted by Crippen LogP contribution is -2.27. The first-order valence-corrected chi connectivity index (χ1v) is 7.32. The zero-order valence-corrected chi connectivity index (χ0v) is 13.1. The van der Waals surface area contributed by atoms with Crippen molar-refractivity contribution < 1.29 is 18.9 Å². The molecule has 0 bridgehead atoms. The van der Waals surface area contributed by atoms with Gasteiger partial charge in [0.05, 0.1) is 13.2 Å². The molecule has 0 aliphatic heterocycles. The van der Waals surface area contributed by atoms with E-state index in [4.69, 9.17) is 18.9 Å². The van der Waals surface area contributed by atoms with Crippen LogP contribution in [0.5, 0.6) is 0 Å². The quantitative estimate of drug-likeness (QED) is 0.413. The third-order valence-corrected chi connectivity index (χ3v) is 2.96. The largest absolute Gasteiger partial charge is 0.371 e. The zero-order chi connectivity index (χ0) is 15.2. The molecule has 0 fully saturated rings. The molecule has 0 amide bonds. The molecule has 0 unspecified atom stereocenters. The molecule has 21 heavy (non-hydrogen) atoms. The van der Waals surface area contributed by atoms with Crippen molar-refractivity contribution in [1.82, 2.24) is 0 Å². The minimum Gasteiger partial charge on any atom is -0.371 e. The summed E-state index contributed by atoms with van der Waals surface area (Å²) in [6.07, 6.45) is 1.94. The lowest BCUT2D eigenvalue weighted by Gasteiger charge is -2.25. The average Bonchev–Trinajstić information content (AvgIpc) is 2.53. The number of hydrogen-bond acceptors (Lipinski definition) is 5. The summed E-state index contributed by atoms with van der Waals surface area (Å²) in [5.41, 5.74) is 1.23. The second-order valence-electron chi connectivity index (χ2n) is 4.66. The lowest BCUT2D eigenvalue weighted by atomic mass is 10.2. The molecule has 0 heterocycles. The van der Waals surface area contributed by atoms with Crippen LogP contribution in [-0.4, -0.2) is 54.1 Å². The van der Waals surface area contributed by atoms with Crippen molar-refractivity contribution in [2.24, 2.45) is 0 Å². The third kappa shape index (κ3) is 8.67. The topological polar surface area (TPSA) is 40.2 Å². The number of anilines is 1. The molecular weight excluding hydrogens is 270 g/mol. The summed E-state index contributed by atoms with van der Waals surface area (Å²) in [6, 6.07) is 10.4. The molecule has 0 radical (unpaired) electrons. The van der Waals surface area contributed by atoms with Crippen LogP contribution in [0.25, 0.3) is 0 Å². The van der Waals surface area contributed by atoms with Crippen LogP contribution >= 0.6 is 0 Å². The zero-order valence-electron chi connectivity index (χ0n) is 13.1. The van der Waals surface area contributed by atoms with Crippen molar-refractivity contribution in [1.29, 1.82) is 0 Å². The second-order valence-corrected chi connectivity index (χ2v) is 4.66. The van der Waals surface area contributed by atoms with Crippen molar-refractivity contribution >= 4 is 5.69 Å². The fraction of sp³-hybridized carbons (Fsp3) is 0.625. The number of nitrogens with zero attached hydrogens (tertiary/aromatic N) is 1. The van der Waals surface area contributed by atoms with Crippen molar-refractivity contribution in [3.8, 4) is 0 Å². The summed E-state index contributed by atoms with van der Waals surface area (Å²) in [5, 5.41) is 0. The minimum atomic E-state index is 0.357. The maximum atomic E-state index is 5.34. The predicted octanol–water partition coefficient (Wildman–Crippen LogP) is 2.51. The van der Waals surface area contributed by atoms with Gasteiger partial charge in [-0.1, -0.05) is 18.2 Å². The van der Waals surface area contributed by atoms with Gasteiger partial charge in [-0.25, -0.2) is 0 Å². The molecule has 0 atom stereocenters. The Morgan fingerprint density at radius 1 is 0.810 bits per heavy atom. The van der Waals surface area contributed by atoms with Gasteiger partial charge in [-0.3, -0.25) is 0 Å². The molecule has 0 aliphatic rings. The Hall–Kier alpha value is -1.14. The first kappa shape index (κ1) is 17.9. The highest BCUT2D eigenvalue weighted by Gasteiger charge is 2.05. The number of hydrogen-bond donors (Lipinski definition) is 0. The van der Waals surface area contributed by atoms with Gasteiger partial charge < -0.3 is 23.8 Å². The van der Waals surface area contributed by atoms with Crippen LogP contribution in [0.2, 0.25) is 0 Å². The Balaban J connectivity index is 2.32. The van der Waals surface area contributed by atoms with Gasteiger partial charge in [0.1, 0.15) is 13.6 Å². The standard InChI is InChI=1S/C16H27NO4/c1-18-14-20-12-6-10-17(11-7-13-21-15-19-2)16-8-4-3-5-9-16/h3-5,8-9H,6-7,10-15H2,1-2H3. The Morgan fingerprint density at radius 2 is 1.33 bits per heavy atom. The molecular formula is C16H27NO4. The summed E-state index contributed by atoms with van der Waals surface area (Å²) >= 11 is 0. The monoisotopic (exact) mass is 297 g/mol. The Kier molecular flexibility index (Phi) is 10.7. The lowest BCUT2D eigenvalue weighted by molar-refractivity contribution is -0.0315. The Bertz CT molecular complexity index is 320. The molecule has 5 nitrogen and oxygen atoms in total. The van der Waals surface area contributed by atoms with E-state index < -0.39 is 0 Å². The van der Waals surface area contributed by atoms with Crippen LogP contribution < -0.4 is 4.90 Å². The molecule has 0 aromatic heterocycles. The number of benzene rings is 1. The molecule has 5 heteroatoms. The molecule has 0 spiro atoms. The molecule has 1 aromatic rings. The number of ether oxygens (including phenoxy) is 4. The van der Waals surface area contributed by atoms with Gasteiger partial charge in [-0.15, -0.1) is 0 Å². The normalized spacial score (nSPS) is 10.8. The van der Waals surface area contributed by atoms with Crippen LogP contribution in [0.4, 0.5) is 5.69 Å². The van der Waals surface area contributed by atoms with Crippen LogP contribution in [0, 0.1) is 0 Å². The van der Waals surface area contributed by atoms with Gasteiger partial charge in [0, 0.05) is 33.0 Å². The minimum absolute atomic E-state index is 0.357. The number of para-hydroxylation sites is 1. The second kappa shape index (κ2) is 12.6. The summed E-state index contributed by atoms with van der Waals surface area (Å²) < 4.78 is 20.4. The number of methoxy groups -OCH3 is 2. The molecule has 0 N–H and O–H groups in total. The fourth-order valence-electron chi connectivity index (χ4n) is 2.01. The van der Waals surface area contributed by atoms with Crippen LogP contribution in [-0.2, 0) is 18.9 Å². The molecule has 120 valence electrons. The summed E-state index contributed by atoms with van der Waals surface area (Å²) in [4.78, 5) is 2.35. The fourth-order valence-corrected chi connectivity index (χ4v) is 2.01. The average molecular weight is 297 g/mol. The maximum Gasteiger partial charge on any atom is 0.146 e. The van der Waals surface area contributed by atoms with E-state index in [9.17, 15) is 0 Å². The molecule has 0 aliphatic carbocycles. The van der Waals surface area contributed by atoms with E-state index in [1.165, 1.54) is 5.69 Å². The van der Waals surface area contributed by atoms with Crippen molar-refractivity contribution in [2.75, 3.05) is 59.0 Å². The highest BCUT2D eigenvalue weighted by molar-refractivity contribution is 5.45. The van der Waals surface area contributed by atoms with Gasteiger partial charge in [0.15, 0.2) is 0 Å². The van der Waals surface area contributed by atoms with Gasteiger partial charge in [0.25, 0.3) is 0 Å². The molecule has 0 saturated carbocycles. The summed E-state index contributed by atoms with van der Waals surface area (Å²) in [5.74, 6) is 0. The summed E-state index contributed by atoms with van der Waals surface area (Å²) in [7, 11) is 3.27. The van der Waals surface area contributed by atoms with Gasteiger partial charge in [0.2, 0.25) is 0 Å². The van der Waals surface area contributed by atoms with Crippen molar-refractivity contribution in [3.05, 3.63) is 30.3 Å². The van der Waals surface area contributed by atoms with Crippen LogP contribution in [0.3, 0.4) is 0 Å². The summed E-state index contributed by atoms with van der Waals surface area (Å²) in [6.45, 7) is 4.04. The molecule has 1 aromatic carbocycles. The smallest absolute Gasteiger partial charge is 0.146 e. The first-order chi connectivity index (χ1) is 10.4. The van der Waals surface area contributed by atoms with Crippen molar-refractivity contribution in [3.63, 3.8) is 0 Å². The van der Waals surface area contributed by atoms with Crippen LogP contribution in [0.15, 0.2) is 30.3 Å². The first-order valence-electron chi connectivity index (χ1n) is 7.32. The highest BCUT2D eigenvalue weighted by Crippen LogP contribution is 2.14. The predicted molar refractivity (Wildman–Crippen MR) is 83.5 cm³/mol. The maximum absolute atomic E-state index is 5.34. The van der Waals surface area contributed by atoms with E-state index >= 15 is 0 Å². The van der Waals surface area contributed by atoms with E-state index in [2.05, 4.69) is 29.2 Å². The third-order valence-electron chi connectivity index (χ3n) is 2.96. The van der Waals surface area contributed by atoms with E-state index in [-0.39, 0.29) is 0 Å². The highest BCUT2D eigenvalue weighted by atomic mass is 16.7. The SMILES string of the molecule is COCOCCCN(CCCOCOC)c1ccccc1. The van der Waals surface area contributed by atoms with Gasteiger partial charge >= 0.3 is 0 Å². The van der Waals surface area contributed by atoms with E-state index in [1.54, 1.807) is 14.2 Å².